The molecule has 2 nitrogen and oxygen atoms in total. The summed E-state index contributed by atoms with van der Waals surface area (Å²) in [5, 5.41) is 4.28. The summed E-state index contributed by atoms with van der Waals surface area (Å²) in [6.45, 7) is 7.73. The molecule has 0 aliphatic carbocycles. The maximum Gasteiger partial charge on any atom is 0.124 e. The molecule has 86 valence electrons. The molecule has 1 heterocycles. The van der Waals surface area contributed by atoms with Crippen LogP contribution in [0.3, 0.4) is 0 Å². The topological polar surface area (TPSA) is 27.8 Å². The first-order chi connectivity index (χ1) is 7.63. The Hall–Kier alpha value is -1.35. The molecule has 0 radical (unpaired) electrons. The van der Waals surface area contributed by atoms with Gasteiger partial charge in [0.25, 0.3) is 0 Å². The van der Waals surface area contributed by atoms with E-state index in [4.69, 9.17) is 0 Å². The zero-order valence-corrected chi connectivity index (χ0v) is 9.95. The zero-order chi connectivity index (χ0) is 11.7. The van der Waals surface area contributed by atoms with Crippen molar-refractivity contribution in [3.8, 4) is 0 Å². The molecule has 2 N–H and O–H groups in total. The molecule has 0 saturated carbocycles. The van der Waals surface area contributed by atoms with E-state index in [1.165, 1.54) is 5.56 Å². The highest BCUT2D eigenvalue weighted by Crippen LogP contribution is 2.25. The average Bonchev–Trinajstić information content (AvgIpc) is 2.53. The van der Waals surface area contributed by atoms with Gasteiger partial charge in [0.15, 0.2) is 0 Å². The second kappa shape index (κ2) is 4.26. The van der Waals surface area contributed by atoms with Crippen molar-refractivity contribution in [2.24, 2.45) is 0 Å². The minimum absolute atomic E-state index is 0.165. The molecule has 0 bridgehead atoms. The lowest BCUT2D eigenvalue weighted by Gasteiger charge is -2.02. The first-order valence-corrected chi connectivity index (χ1v) is 5.61. The van der Waals surface area contributed by atoms with Gasteiger partial charge in [-0.3, -0.25) is 0 Å². The number of hydrogen-bond donors (Lipinski definition) is 2. The van der Waals surface area contributed by atoms with Gasteiger partial charge < -0.3 is 10.3 Å². The summed E-state index contributed by atoms with van der Waals surface area (Å²) in [5.74, 6) is -0.165. The Morgan fingerprint density at radius 3 is 2.75 bits per heavy atom. The molecule has 0 saturated heterocycles. The molecule has 1 aromatic carbocycles. The smallest absolute Gasteiger partial charge is 0.124 e. The standard InChI is InChI=1S/C13H17FN2/c1-4-15-7-12-9(3)16-13-8(2)5-10(14)6-11(12)13/h5-6,15-16H,4,7H2,1-3H3. The van der Waals surface area contributed by atoms with Crippen molar-refractivity contribution < 1.29 is 4.39 Å². The largest absolute Gasteiger partial charge is 0.358 e. The number of aromatic nitrogens is 1. The third kappa shape index (κ3) is 1.83. The lowest BCUT2D eigenvalue weighted by atomic mass is 10.1. The number of aryl methyl sites for hydroxylation is 2. The molecule has 16 heavy (non-hydrogen) atoms. The SMILES string of the molecule is CCNCc1c(C)[nH]c2c(C)cc(F)cc12. The van der Waals surface area contributed by atoms with Crippen LogP contribution >= 0.6 is 0 Å². The maximum absolute atomic E-state index is 13.4. The molecular formula is C13H17FN2. The lowest BCUT2D eigenvalue weighted by Crippen LogP contribution is -2.12. The summed E-state index contributed by atoms with van der Waals surface area (Å²) in [6.07, 6.45) is 0. The number of nitrogens with one attached hydrogen (secondary N) is 2. The van der Waals surface area contributed by atoms with Gasteiger partial charge in [-0.25, -0.2) is 4.39 Å². The summed E-state index contributed by atoms with van der Waals surface area (Å²) in [6, 6.07) is 3.17. The van der Waals surface area contributed by atoms with E-state index in [2.05, 4.69) is 17.2 Å². The third-order valence-corrected chi connectivity index (χ3v) is 2.94. The Labute approximate surface area is 94.9 Å². The first kappa shape index (κ1) is 11.1. The van der Waals surface area contributed by atoms with Gasteiger partial charge >= 0.3 is 0 Å². The zero-order valence-electron chi connectivity index (χ0n) is 9.95. The minimum atomic E-state index is -0.165. The van der Waals surface area contributed by atoms with Gasteiger partial charge in [-0.1, -0.05) is 6.92 Å². The monoisotopic (exact) mass is 220 g/mol. The Morgan fingerprint density at radius 1 is 1.31 bits per heavy atom. The first-order valence-electron chi connectivity index (χ1n) is 5.61. The molecule has 3 heteroatoms. The van der Waals surface area contributed by atoms with Gasteiger partial charge in [-0.15, -0.1) is 0 Å². The van der Waals surface area contributed by atoms with Crippen LogP contribution in [0, 0.1) is 19.7 Å². The van der Waals surface area contributed by atoms with E-state index in [1.54, 1.807) is 12.1 Å². The highest BCUT2D eigenvalue weighted by molar-refractivity contribution is 5.87. The molecule has 2 rings (SSSR count). The van der Waals surface area contributed by atoms with Crippen LogP contribution in [-0.4, -0.2) is 11.5 Å². The molecule has 0 amide bonds. The van der Waals surface area contributed by atoms with E-state index >= 15 is 0 Å². The fourth-order valence-corrected chi connectivity index (χ4v) is 2.09. The number of halogens is 1. The van der Waals surface area contributed by atoms with Crippen molar-refractivity contribution in [2.75, 3.05) is 6.54 Å². The Balaban J connectivity index is 2.59. The summed E-state index contributed by atoms with van der Waals surface area (Å²) in [7, 11) is 0. The Morgan fingerprint density at radius 2 is 2.06 bits per heavy atom. The van der Waals surface area contributed by atoms with Crippen molar-refractivity contribution in [3.05, 3.63) is 34.8 Å². The molecule has 1 aromatic heterocycles. The maximum atomic E-state index is 13.4. The average molecular weight is 220 g/mol. The van der Waals surface area contributed by atoms with Crippen molar-refractivity contribution in [2.45, 2.75) is 27.3 Å². The Bertz CT molecular complexity index is 514. The number of fused-ring (bicyclic) bond motifs is 1. The van der Waals surface area contributed by atoms with Crippen LogP contribution in [0.4, 0.5) is 4.39 Å². The second-order valence-corrected chi connectivity index (χ2v) is 4.15. The summed E-state index contributed by atoms with van der Waals surface area (Å²) < 4.78 is 13.4. The molecule has 0 aliphatic heterocycles. The normalized spacial score (nSPS) is 11.2. The van der Waals surface area contributed by atoms with Gasteiger partial charge in [0.1, 0.15) is 5.82 Å². The van der Waals surface area contributed by atoms with E-state index < -0.39 is 0 Å². The fraction of sp³-hybridized carbons (Fsp3) is 0.385. The highest BCUT2D eigenvalue weighted by atomic mass is 19.1. The van der Waals surface area contributed by atoms with Crippen LogP contribution in [0.1, 0.15) is 23.7 Å². The fourth-order valence-electron chi connectivity index (χ4n) is 2.09. The van der Waals surface area contributed by atoms with Crippen molar-refractivity contribution >= 4 is 10.9 Å². The van der Waals surface area contributed by atoms with E-state index in [9.17, 15) is 4.39 Å². The Kier molecular flexibility index (Phi) is 2.97. The predicted molar refractivity (Wildman–Crippen MR) is 65.1 cm³/mol. The molecular weight excluding hydrogens is 203 g/mol. The van der Waals surface area contributed by atoms with Crippen LogP contribution in [-0.2, 0) is 6.54 Å². The summed E-state index contributed by atoms with van der Waals surface area (Å²) in [5.41, 5.74) is 4.29. The van der Waals surface area contributed by atoms with E-state index in [0.717, 1.165) is 35.2 Å². The van der Waals surface area contributed by atoms with Crippen LogP contribution in [0.15, 0.2) is 12.1 Å². The lowest BCUT2D eigenvalue weighted by molar-refractivity contribution is 0.628. The number of H-pyrrole nitrogens is 1. The van der Waals surface area contributed by atoms with Crippen LogP contribution in [0.2, 0.25) is 0 Å². The van der Waals surface area contributed by atoms with Crippen molar-refractivity contribution in [1.82, 2.24) is 10.3 Å². The molecule has 0 unspecified atom stereocenters. The van der Waals surface area contributed by atoms with E-state index in [0.29, 0.717) is 0 Å². The van der Waals surface area contributed by atoms with Gasteiger partial charge in [-0.2, -0.15) is 0 Å². The minimum Gasteiger partial charge on any atom is -0.358 e. The van der Waals surface area contributed by atoms with Gasteiger partial charge in [0.2, 0.25) is 0 Å². The number of hydrogen-bond acceptors (Lipinski definition) is 1. The number of aromatic amines is 1. The quantitative estimate of drug-likeness (QED) is 0.817. The number of benzene rings is 1. The molecule has 0 atom stereocenters. The van der Waals surface area contributed by atoms with Gasteiger partial charge in [0.05, 0.1) is 0 Å². The van der Waals surface area contributed by atoms with Crippen LogP contribution in [0.5, 0.6) is 0 Å². The summed E-state index contributed by atoms with van der Waals surface area (Å²) >= 11 is 0. The molecule has 0 spiro atoms. The summed E-state index contributed by atoms with van der Waals surface area (Å²) in [4.78, 5) is 3.32. The van der Waals surface area contributed by atoms with E-state index in [-0.39, 0.29) is 5.82 Å². The predicted octanol–water partition coefficient (Wildman–Crippen LogP) is 3.03. The second-order valence-electron chi connectivity index (χ2n) is 4.15. The molecule has 2 aromatic rings. The molecule has 0 aliphatic rings. The number of rotatable bonds is 3. The highest BCUT2D eigenvalue weighted by Gasteiger charge is 2.10. The van der Waals surface area contributed by atoms with Crippen molar-refractivity contribution in [1.29, 1.82) is 0 Å². The van der Waals surface area contributed by atoms with Crippen LogP contribution < -0.4 is 5.32 Å². The van der Waals surface area contributed by atoms with Crippen LogP contribution in [0.25, 0.3) is 10.9 Å². The van der Waals surface area contributed by atoms with Gasteiger partial charge in [-0.05, 0) is 43.7 Å². The molecule has 0 fully saturated rings. The van der Waals surface area contributed by atoms with E-state index in [1.807, 2.05) is 13.8 Å². The third-order valence-electron chi connectivity index (χ3n) is 2.94. The van der Waals surface area contributed by atoms with Crippen molar-refractivity contribution in [3.63, 3.8) is 0 Å². The van der Waals surface area contributed by atoms with Gasteiger partial charge in [0, 0.05) is 23.1 Å².